The van der Waals surface area contributed by atoms with Gasteiger partial charge in [-0.2, -0.15) is 0 Å². The minimum atomic E-state index is -3.06. The van der Waals surface area contributed by atoms with E-state index in [2.05, 4.69) is 4.74 Å². The third-order valence-electron chi connectivity index (χ3n) is 3.01. The lowest BCUT2D eigenvalue weighted by atomic mass is 9.82. The van der Waals surface area contributed by atoms with Crippen molar-refractivity contribution in [1.82, 2.24) is 0 Å². The quantitative estimate of drug-likeness (QED) is 0.198. The molecule has 1 rings (SSSR count). The molecule has 0 radical (unpaired) electrons. The summed E-state index contributed by atoms with van der Waals surface area (Å²) in [5, 5.41) is 65.4. The molecule has 0 saturated heterocycles. The van der Waals surface area contributed by atoms with Crippen LogP contribution in [0.1, 0.15) is 12.8 Å². The first kappa shape index (κ1) is 16.8. The topological polar surface area (TPSA) is 185 Å². The minimum absolute atomic E-state index is 0.616. The molecule has 2 unspecified atom stereocenters. The molecule has 20 heavy (non-hydrogen) atoms. The SMILES string of the molecule is O=C(O)CCC(=O)OC1(O)[C@H](O)[C@H](O)C(O)[C@H](O)[C@H]1O. The van der Waals surface area contributed by atoms with E-state index in [-0.39, 0.29) is 0 Å². The van der Waals surface area contributed by atoms with Gasteiger partial charge in [0, 0.05) is 0 Å². The molecule has 0 bridgehead atoms. The summed E-state index contributed by atoms with van der Waals surface area (Å²) in [5.74, 6) is -5.65. The zero-order chi connectivity index (χ0) is 15.7. The van der Waals surface area contributed by atoms with Crippen LogP contribution in [0, 0.1) is 0 Å². The first-order valence-electron chi connectivity index (χ1n) is 5.67. The molecule has 0 heterocycles. The van der Waals surface area contributed by atoms with Crippen LogP contribution in [0.25, 0.3) is 0 Å². The number of carboxylic acids is 1. The largest absolute Gasteiger partial charge is 0.481 e. The highest BCUT2D eigenvalue weighted by molar-refractivity contribution is 5.76. The minimum Gasteiger partial charge on any atom is -0.481 e. The van der Waals surface area contributed by atoms with Gasteiger partial charge in [-0.15, -0.1) is 0 Å². The number of aliphatic hydroxyl groups is 6. The number of carboxylic acid groups (broad SMARTS) is 1. The molecular weight excluding hydrogens is 280 g/mol. The maximum atomic E-state index is 11.3. The van der Waals surface area contributed by atoms with Crippen LogP contribution in [0.5, 0.6) is 0 Å². The van der Waals surface area contributed by atoms with Crippen LogP contribution in [0.2, 0.25) is 0 Å². The van der Waals surface area contributed by atoms with Gasteiger partial charge in [-0.05, 0) is 0 Å². The summed E-state index contributed by atoms with van der Waals surface area (Å²) in [7, 11) is 0. The molecule has 1 fully saturated rings. The summed E-state index contributed by atoms with van der Waals surface area (Å²) < 4.78 is 4.37. The normalized spacial score (nSPS) is 41.2. The maximum Gasteiger partial charge on any atom is 0.309 e. The zero-order valence-corrected chi connectivity index (χ0v) is 10.2. The number of ether oxygens (including phenoxy) is 1. The van der Waals surface area contributed by atoms with Crippen molar-refractivity contribution in [2.75, 3.05) is 0 Å². The van der Waals surface area contributed by atoms with E-state index in [9.17, 15) is 40.2 Å². The fourth-order valence-electron chi connectivity index (χ4n) is 1.80. The lowest BCUT2D eigenvalue weighted by Gasteiger charge is -2.46. The summed E-state index contributed by atoms with van der Waals surface area (Å²) >= 11 is 0. The fraction of sp³-hybridized carbons (Fsp3) is 0.800. The molecule has 116 valence electrons. The molecule has 0 aliphatic heterocycles. The van der Waals surface area contributed by atoms with E-state index >= 15 is 0 Å². The standard InChI is InChI=1S/C10H16O10/c11-3(12)1-2-4(13)20-10(19)8(17)6(15)5(14)7(16)9(10)18/h5-9,14-19H,1-2H2,(H,11,12)/t5?,6-,7+,8-,9-,10?/m1/s1. The summed E-state index contributed by atoms with van der Waals surface area (Å²) in [6, 6.07) is 0. The van der Waals surface area contributed by atoms with Gasteiger partial charge in [0.25, 0.3) is 5.79 Å². The van der Waals surface area contributed by atoms with Crippen molar-refractivity contribution in [3.8, 4) is 0 Å². The van der Waals surface area contributed by atoms with E-state index in [1.807, 2.05) is 0 Å². The summed E-state index contributed by atoms with van der Waals surface area (Å²) in [6.45, 7) is 0. The average Bonchev–Trinajstić information content (AvgIpc) is 2.39. The smallest absolute Gasteiger partial charge is 0.309 e. The Kier molecular flexibility index (Phi) is 5.02. The first-order chi connectivity index (χ1) is 9.11. The molecular formula is C10H16O10. The molecule has 6 atom stereocenters. The van der Waals surface area contributed by atoms with Crippen LogP contribution in [-0.4, -0.2) is 84.0 Å². The zero-order valence-electron chi connectivity index (χ0n) is 10.2. The Hall–Kier alpha value is -1.30. The Bertz CT molecular complexity index is 366. The van der Waals surface area contributed by atoms with Crippen LogP contribution in [0.15, 0.2) is 0 Å². The van der Waals surface area contributed by atoms with Crippen LogP contribution < -0.4 is 0 Å². The number of rotatable bonds is 4. The third-order valence-corrected chi connectivity index (χ3v) is 3.01. The Morgan fingerprint density at radius 2 is 1.35 bits per heavy atom. The second-order valence-electron chi connectivity index (χ2n) is 4.48. The number of aliphatic carboxylic acids is 1. The number of aliphatic hydroxyl groups excluding tert-OH is 5. The summed E-state index contributed by atoms with van der Waals surface area (Å²) in [4.78, 5) is 21.6. The van der Waals surface area contributed by atoms with Crippen molar-refractivity contribution in [1.29, 1.82) is 0 Å². The molecule has 10 nitrogen and oxygen atoms in total. The van der Waals surface area contributed by atoms with Crippen molar-refractivity contribution in [3.63, 3.8) is 0 Å². The van der Waals surface area contributed by atoms with E-state index in [1.54, 1.807) is 0 Å². The Morgan fingerprint density at radius 3 is 1.75 bits per heavy atom. The number of carbonyl (C=O) groups excluding carboxylic acids is 1. The summed E-state index contributed by atoms with van der Waals surface area (Å²) in [5.41, 5.74) is 0. The number of carbonyl (C=O) groups is 2. The number of hydrogen-bond acceptors (Lipinski definition) is 9. The Balaban J connectivity index is 2.83. The van der Waals surface area contributed by atoms with Crippen molar-refractivity contribution >= 4 is 11.9 Å². The van der Waals surface area contributed by atoms with Crippen LogP contribution >= 0.6 is 0 Å². The first-order valence-corrected chi connectivity index (χ1v) is 5.67. The maximum absolute atomic E-state index is 11.3. The van der Waals surface area contributed by atoms with Crippen LogP contribution in [0.4, 0.5) is 0 Å². The van der Waals surface area contributed by atoms with Crippen LogP contribution in [-0.2, 0) is 14.3 Å². The average molecular weight is 296 g/mol. The second-order valence-corrected chi connectivity index (χ2v) is 4.48. The molecule has 7 N–H and O–H groups in total. The van der Waals surface area contributed by atoms with Crippen LogP contribution in [0.3, 0.4) is 0 Å². The highest BCUT2D eigenvalue weighted by Gasteiger charge is 2.60. The monoisotopic (exact) mass is 296 g/mol. The Labute approximate surface area is 112 Å². The van der Waals surface area contributed by atoms with Gasteiger partial charge in [-0.3, -0.25) is 9.59 Å². The molecule has 10 heteroatoms. The van der Waals surface area contributed by atoms with Gasteiger partial charge in [-0.25, -0.2) is 0 Å². The lowest BCUT2D eigenvalue weighted by Crippen LogP contribution is -2.72. The molecule has 1 aliphatic carbocycles. The van der Waals surface area contributed by atoms with E-state index in [0.717, 1.165) is 0 Å². The molecule has 0 aromatic heterocycles. The molecule has 1 aliphatic rings. The van der Waals surface area contributed by atoms with Gasteiger partial charge >= 0.3 is 11.9 Å². The number of hydrogen-bond donors (Lipinski definition) is 7. The number of esters is 1. The predicted octanol–water partition coefficient (Wildman–Crippen LogP) is -4.10. The lowest BCUT2D eigenvalue weighted by molar-refractivity contribution is -0.347. The van der Waals surface area contributed by atoms with Crippen molar-refractivity contribution in [2.45, 2.75) is 49.1 Å². The second kappa shape index (κ2) is 5.99. The molecule has 1 saturated carbocycles. The van der Waals surface area contributed by atoms with E-state index in [0.29, 0.717) is 0 Å². The summed E-state index contributed by atoms with van der Waals surface area (Å²) in [6.07, 6.45) is -12.0. The van der Waals surface area contributed by atoms with E-state index < -0.39 is 61.1 Å². The van der Waals surface area contributed by atoms with Gasteiger partial charge in [0.15, 0.2) is 12.2 Å². The highest BCUT2D eigenvalue weighted by Crippen LogP contribution is 2.31. The fourth-order valence-corrected chi connectivity index (χ4v) is 1.80. The molecule has 0 amide bonds. The van der Waals surface area contributed by atoms with Crippen molar-refractivity contribution in [2.24, 2.45) is 0 Å². The van der Waals surface area contributed by atoms with Gasteiger partial charge in [-0.1, -0.05) is 0 Å². The molecule has 0 aromatic rings. The van der Waals surface area contributed by atoms with Crippen molar-refractivity contribution in [3.05, 3.63) is 0 Å². The van der Waals surface area contributed by atoms with Gasteiger partial charge in [0.2, 0.25) is 0 Å². The van der Waals surface area contributed by atoms with Gasteiger partial charge in [0.05, 0.1) is 12.8 Å². The molecule has 0 spiro atoms. The Morgan fingerprint density at radius 1 is 0.900 bits per heavy atom. The van der Waals surface area contributed by atoms with Gasteiger partial charge < -0.3 is 40.5 Å². The van der Waals surface area contributed by atoms with E-state index in [1.165, 1.54) is 0 Å². The van der Waals surface area contributed by atoms with Crippen molar-refractivity contribution < 1.29 is 50.1 Å². The highest BCUT2D eigenvalue weighted by atomic mass is 16.7. The predicted molar refractivity (Wildman–Crippen MR) is 57.9 cm³/mol. The van der Waals surface area contributed by atoms with Gasteiger partial charge in [0.1, 0.15) is 18.3 Å². The molecule has 0 aromatic carbocycles. The third kappa shape index (κ3) is 3.06. The van der Waals surface area contributed by atoms with E-state index in [4.69, 9.17) is 5.11 Å².